The van der Waals surface area contributed by atoms with Crippen LogP contribution in [-0.2, 0) is 10.0 Å². The molecule has 0 aliphatic carbocycles. The summed E-state index contributed by atoms with van der Waals surface area (Å²) in [5.41, 5.74) is 1.16. The van der Waals surface area contributed by atoms with Gasteiger partial charge in [-0.25, -0.2) is 8.42 Å². The van der Waals surface area contributed by atoms with Gasteiger partial charge in [0.25, 0.3) is 10.0 Å². The Hall–Kier alpha value is -0.770. The molecule has 146 valence electrons. The average molecular weight is 471 g/mol. The number of thiophene rings is 1. The van der Waals surface area contributed by atoms with Crippen LogP contribution in [0.2, 0.25) is 0 Å². The number of halogens is 1. The molecule has 5 nitrogen and oxygen atoms in total. The Kier molecular flexibility index (Phi) is 5.74. The molecule has 1 aromatic heterocycles. The molecule has 0 spiro atoms. The van der Waals surface area contributed by atoms with Crippen molar-refractivity contribution < 1.29 is 13.5 Å². The van der Waals surface area contributed by atoms with Gasteiger partial charge in [-0.05, 0) is 48.5 Å². The predicted octanol–water partition coefficient (Wildman–Crippen LogP) is 3.12. The van der Waals surface area contributed by atoms with E-state index >= 15 is 0 Å². The van der Waals surface area contributed by atoms with E-state index in [1.165, 1.54) is 11.3 Å². The molecule has 4 rings (SSSR count). The lowest BCUT2D eigenvalue weighted by atomic mass is 9.74. The largest absolute Gasteiger partial charge is 0.395 e. The van der Waals surface area contributed by atoms with E-state index in [0.717, 1.165) is 29.4 Å². The zero-order chi connectivity index (χ0) is 19.0. The zero-order valence-corrected chi connectivity index (χ0v) is 18.1. The first kappa shape index (κ1) is 19.5. The first-order chi connectivity index (χ1) is 13.0. The van der Waals surface area contributed by atoms with Crippen LogP contribution in [0, 0.1) is 0 Å². The van der Waals surface area contributed by atoms with Crippen molar-refractivity contribution in [2.75, 3.05) is 26.2 Å². The number of sulfonamides is 1. The molecule has 2 aliphatic rings. The van der Waals surface area contributed by atoms with Gasteiger partial charge in [0.05, 0.1) is 6.61 Å². The van der Waals surface area contributed by atoms with Crippen molar-refractivity contribution >= 4 is 37.3 Å². The third-order valence-corrected chi connectivity index (χ3v) is 9.44. The summed E-state index contributed by atoms with van der Waals surface area (Å²) in [7, 11) is -3.46. The highest BCUT2D eigenvalue weighted by Gasteiger charge is 2.50. The third-order valence-electron chi connectivity index (χ3n) is 5.68. The molecule has 0 radical (unpaired) electrons. The first-order valence-corrected chi connectivity index (χ1v) is 12.3. The number of hydrogen-bond donors (Lipinski definition) is 1. The lowest BCUT2D eigenvalue weighted by molar-refractivity contribution is -0.0553. The predicted molar refractivity (Wildman–Crippen MR) is 111 cm³/mol. The summed E-state index contributed by atoms with van der Waals surface area (Å²) in [5.74, 6) is 0.141. The summed E-state index contributed by atoms with van der Waals surface area (Å²) in [6, 6.07) is 11.8. The maximum absolute atomic E-state index is 13.1. The van der Waals surface area contributed by atoms with Gasteiger partial charge in [-0.15, -0.1) is 11.3 Å². The first-order valence-electron chi connectivity index (χ1n) is 9.18. The molecule has 0 amide bonds. The van der Waals surface area contributed by atoms with Crippen LogP contribution in [0.15, 0.2) is 50.5 Å². The van der Waals surface area contributed by atoms with E-state index in [9.17, 15) is 13.5 Å². The van der Waals surface area contributed by atoms with Crippen molar-refractivity contribution in [3.8, 4) is 0 Å². The fourth-order valence-corrected chi connectivity index (χ4v) is 7.26. The van der Waals surface area contributed by atoms with Gasteiger partial charge in [-0.2, -0.15) is 4.31 Å². The second-order valence-corrected chi connectivity index (χ2v) is 11.2. The second kappa shape index (κ2) is 7.93. The summed E-state index contributed by atoms with van der Waals surface area (Å²) in [6.45, 7) is 2.03. The quantitative estimate of drug-likeness (QED) is 0.745. The Bertz CT molecular complexity index is 871. The van der Waals surface area contributed by atoms with Gasteiger partial charge >= 0.3 is 0 Å². The normalized spacial score (nSPS) is 27.4. The molecule has 27 heavy (non-hydrogen) atoms. The number of aliphatic hydroxyl groups excluding tert-OH is 1. The molecule has 2 aliphatic heterocycles. The van der Waals surface area contributed by atoms with E-state index in [0.29, 0.717) is 17.3 Å². The second-order valence-electron chi connectivity index (χ2n) is 7.13. The Labute approximate surface area is 172 Å². The SMILES string of the molecule is O=S(=O)(c1cccs1)N1CCCCN2[C@H](C1)[C@@H](c1ccc(Br)cc1)[C@@H]2CO. The Morgan fingerprint density at radius 3 is 2.56 bits per heavy atom. The van der Waals surface area contributed by atoms with Crippen LogP contribution in [0.5, 0.6) is 0 Å². The van der Waals surface area contributed by atoms with Crippen molar-refractivity contribution in [1.82, 2.24) is 9.21 Å². The molecule has 0 saturated carbocycles. The Balaban J connectivity index is 1.63. The van der Waals surface area contributed by atoms with E-state index < -0.39 is 10.0 Å². The molecular formula is C19H23BrN2O3S2. The van der Waals surface area contributed by atoms with Crippen molar-refractivity contribution in [3.63, 3.8) is 0 Å². The van der Waals surface area contributed by atoms with Gasteiger partial charge in [0, 0.05) is 35.6 Å². The van der Waals surface area contributed by atoms with Crippen molar-refractivity contribution in [3.05, 3.63) is 51.8 Å². The number of rotatable bonds is 4. The summed E-state index contributed by atoms with van der Waals surface area (Å²) in [6.07, 6.45) is 1.78. The number of nitrogens with zero attached hydrogens (tertiary/aromatic N) is 2. The maximum atomic E-state index is 13.1. The standard InChI is InChI=1S/C19H23BrN2O3S2/c20-15-7-5-14(6-8-15)19-16-12-21(27(24,25)18-4-3-11-26-18)9-1-2-10-22(16)17(19)13-23/h3-8,11,16-17,19,23H,1-2,9-10,12-13H2/t16-,17+,19-/m1/s1. The highest BCUT2D eigenvalue weighted by molar-refractivity contribution is 9.10. The maximum Gasteiger partial charge on any atom is 0.252 e. The van der Waals surface area contributed by atoms with Crippen LogP contribution in [0.25, 0.3) is 0 Å². The lowest BCUT2D eigenvalue weighted by Gasteiger charge is -2.57. The average Bonchev–Trinajstić information content (AvgIpc) is 3.17. The highest BCUT2D eigenvalue weighted by atomic mass is 79.9. The van der Waals surface area contributed by atoms with Gasteiger partial charge in [-0.1, -0.05) is 34.1 Å². The lowest BCUT2D eigenvalue weighted by Crippen LogP contribution is -2.67. The van der Waals surface area contributed by atoms with Gasteiger partial charge < -0.3 is 5.11 Å². The van der Waals surface area contributed by atoms with E-state index in [1.54, 1.807) is 21.8 Å². The highest BCUT2D eigenvalue weighted by Crippen LogP contribution is 2.42. The zero-order valence-electron chi connectivity index (χ0n) is 14.9. The van der Waals surface area contributed by atoms with E-state index in [1.807, 2.05) is 12.1 Å². The molecule has 3 heterocycles. The summed E-state index contributed by atoms with van der Waals surface area (Å²) < 4.78 is 29.3. The minimum absolute atomic E-state index is 0.0561. The van der Waals surface area contributed by atoms with Crippen molar-refractivity contribution in [1.29, 1.82) is 0 Å². The molecule has 2 aromatic rings. The van der Waals surface area contributed by atoms with Crippen LogP contribution in [0.3, 0.4) is 0 Å². The minimum Gasteiger partial charge on any atom is -0.395 e. The fraction of sp³-hybridized carbons (Fsp3) is 0.474. The monoisotopic (exact) mass is 470 g/mol. The van der Waals surface area contributed by atoms with Crippen LogP contribution in [0.4, 0.5) is 0 Å². The third kappa shape index (κ3) is 3.63. The fourth-order valence-electron chi connectivity index (χ4n) is 4.35. The smallest absolute Gasteiger partial charge is 0.252 e. The topological polar surface area (TPSA) is 60.9 Å². The van der Waals surface area contributed by atoms with Gasteiger partial charge in [0.2, 0.25) is 0 Å². The molecule has 0 bridgehead atoms. The number of fused-ring (bicyclic) bond motifs is 1. The van der Waals surface area contributed by atoms with Crippen LogP contribution < -0.4 is 0 Å². The minimum atomic E-state index is -3.46. The van der Waals surface area contributed by atoms with E-state index in [4.69, 9.17) is 0 Å². The molecule has 2 saturated heterocycles. The Morgan fingerprint density at radius 2 is 1.89 bits per heavy atom. The number of aliphatic hydroxyl groups is 1. The van der Waals surface area contributed by atoms with Crippen LogP contribution in [-0.4, -0.2) is 61.1 Å². The van der Waals surface area contributed by atoms with Crippen molar-refractivity contribution in [2.45, 2.75) is 35.1 Å². The van der Waals surface area contributed by atoms with Crippen LogP contribution in [0.1, 0.15) is 24.3 Å². The van der Waals surface area contributed by atoms with Gasteiger partial charge in [0.15, 0.2) is 0 Å². The molecule has 1 aromatic carbocycles. The molecule has 1 N–H and O–H groups in total. The summed E-state index contributed by atoms with van der Waals surface area (Å²) >= 11 is 4.74. The van der Waals surface area contributed by atoms with Crippen molar-refractivity contribution in [2.24, 2.45) is 0 Å². The van der Waals surface area contributed by atoms with Crippen LogP contribution >= 0.6 is 27.3 Å². The van der Waals surface area contributed by atoms with E-state index in [-0.39, 0.29) is 24.6 Å². The number of benzene rings is 1. The van der Waals surface area contributed by atoms with E-state index in [2.05, 4.69) is 33.0 Å². The molecule has 8 heteroatoms. The molecule has 0 unspecified atom stereocenters. The Morgan fingerprint density at radius 1 is 1.15 bits per heavy atom. The van der Waals surface area contributed by atoms with Gasteiger partial charge in [0.1, 0.15) is 4.21 Å². The number of hydrogen-bond acceptors (Lipinski definition) is 5. The molecule has 3 atom stereocenters. The summed E-state index contributed by atoms with van der Waals surface area (Å²) in [4.78, 5) is 2.29. The van der Waals surface area contributed by atoms with Gasteiger partial charge in [-0.3, -0.25) is 4.90 Å². The molecular weight excluding hydrogens is 448 g/mol. The summed E-state index contributed by atoms with van der Waals surface area (Å²) in [5, 5.41) is 11.8. The molecule has 2 fully saturated rings.